The molecule has 8 fully saturated rings. The van der Waals surface area contributed by atoms with Crippen LogP contribution in [0.1, 0.15) is 324 Å². The summed E-state index contributed by atoms with van der Waals surface area (Å²) < 4.78 is 37.1. The molecular formula is C115H163B2N7O17. The molecule has 16 rings (SSSR count). The molecule has 4 aliphatic heterocycles. The van der Waals surface area contributed by atoms with Crippen molar-refractivity contribution in [2.75, 3.05) is 41.4 Å². The summed E-state index contributed by atoms with van der Waals surface area (Å²) in [6, 6.07) is 39.1. The number of aliphatic carboxylic acids is 1. The summed E-state index contributed by atoms with van der Waals surface area (Å²) in [6.45, 7) is 28.5. The maximum Gasteiger partial charge on any atom is 0.475 e. The monoisotopic (exact) mass is 1940 g/mol. The highest BCUT2D eigenvalue weighted by Crippen LogP contribution is 2.70. The van der Waals surface area contributed by atoms with Gasteiger partial charge >= 0.3 is 20.2 Å². The lowest BCUT2D eigenvalue weighted by atomic mass is 9.41. The third kappa shape index (κ3) is 26.1. The molecule has 0 radical (unpaired) electrons. The highest BCUT2D eigenvalue weighted by Gasteiger charge is 2.73. The second kappa shape index (κ2) is 49.4. The van der Waals surface area contributed by atoms with E-state index in [1.54, 1.807) is 66.4 Å². The molecule has 141 heavy (non-hydrogen) atoms. The van der Waals surface area contributed by atoms with Gasteiger partial charge in [-0.3, -0.25) is 43.2 Å². The first-order valence-electron chi connectivity index (χ1n) is 52.2. The summed E-state index contributed by atoms with van der Waals surface area (Å²) in [4.78, 5) is 142. The zero-order valence-electron chi connectivity index (χ0n) is 86.5. The zero-order valence-corrected chi connectivity index (χ0v) is 86.5. The number of aryl methyl sites for hydroxylation is 4. The van der Waals surface area contributed by atoms with E-state index in [4.69, 9.17) is 45.3 Å². The van der Waals surface area contributed by atoms with Crippen LogP contribution >= 0.6 is 0 Å². The molecule has 4 heterocycles. The van der Waals surface area contributed by atoms with Crippen LogP contribution in [0.15, 0.2) is 133 Å². The molecular weight excluding hydrogens is 1770 g/mol. The maximum absolute atomic E-state index is 14.8. The number of carboxylic acids is 1. The molecule has 0 aromatic heterocycles. The first-order valence-corrected chi connectivity index (χ1v) is 52.2. The van der Waals surface area contributed by atoms with Crippen molar-refractivity contribution in [1.82, 2.24) is 20.4 Å². The number of likely N-dealkylation sites (N-methyl/N-ethyl adjacent to an activating group) is 2. The van der Waals surface area contributed by atoms with Gasteiger partial charge in [0.05, 0.1) is 43.2 Å². The molecule has 26 heteroatoms. The molecule has 6 saturated carbocycles. The summed E-state index contributed by atoms with van der Waals surface area (Å²) >= 11 is 0. The van der Waals surface area contributed by atoms with Gasteiger partial charge in [0.25, 0.3) is 0 Å². The molecule has 0 spiro atoms. The maximum atomic E-state index is 14.8. The van der Waals surface area contributed by atoms with Gasteiger partial charge in [-0.25, -0.2) is 4.79 Å². The van der Waals surface area contributed by atoms with Crippen molar-refractivity contribution in [3.05, 3.63) is 178 Å². The van der Waals surface area contributed by atoms with E-state index in [1.807, 2.05) is 74.5 Å². The van der Waals surface area contributed by atoms with Crippen molar-refractivity contribution < 1.29 is 81.1 Å². The number of hydrogen-bond donors (Lipinski definition) is 6. The highest BCUT2D eigenvalue weighted by molar-refractivity contribution is 6.48. The number of nitrogens with one attached hydrogen (secondary N) is 2. The number of ether oxygens (including phenoxy) is 2. The lowest BCUT2D eigenvalue weighted by Gasteiger charge is -2.67. The number of benzene rings is 6. The fourth-order valence-electron chi connectivity index (χ4n) is 23.7. The Morgan fingerprint density at radius 2 is 0.950 bits per heavy atom. The van der Waals surface area contributed by atoms with Gasteiger partial charge in [-0.1, -0.05) is 224 Å². The molecule has 9 N–H and O–H groups in total. The van der Waals surface area contributed by atoms with E-state index in [9.17, 15) is 53.1 Å². The SMILES string of the molecule is C.CCCCc1ccc(-c2ccc(C(=O)C[C@@H](CCCCN)C(=O)N(C)[C@@H]3C(=O)C[C@@H](C)C(=O)N[C@H](C(=O)C[C@@H](C)B4O[C@]5(C)C[C@@H]6C[C@@H](C6(C)C)[C@]5(C)O4)CCCCc4cc3ccc4OC)cc2)cc1.CCCCc1ccc(-c2ccc(C(=O)C[C@@H](CCCCN)C(=O)N(C)[C@@H]3C(=O)C[C@@H](C)C(=O)N[C@H](C(=O)O)CCCCc4cc3ccc4OC)cc2)cc1.C[C@H](N)B1O[C@@H]2C[C@@H]3C[C@@H](C3(C)C)[C@]2(C)O1. The molecule has 2 saturated heterocycles. The highest BCUT2D eigenvalue weighted by atomic mass is 16.7. The van der Waals surface area contributed by atoms with Gasteiger partial charge in [0.15, 0.2) is 28.9 Å². The molecule has 4 amide bonds. The van der Waals surface area contributed by atoms with Crippen LogP contribution in [0.2, 0.25) is 5.82 Å². The topological polar surface area (TPSA) is 355 Å². The van der Waals surface area contributed by atoms with Gasteiger partial charge in [-0.2, -0.15) is 0 Å². The van der Waals surface area contributed by atoms with E-state index in [2.05, 4.69) is 121 Å². The fraction of sp³-hybridized carbons (Fsp3) is 0.600. The fourth-order valence-corrected chi connectivity index (χ4v) is 23.7. The average molecular weight is 1940 g/mol. The summed E-state index contributed by atoms with van der Waals surface area (Å²) in [7, 11) is 5.64. The van der Waals surface area contributed by atoms with Crippen molar-refractivity contribution in [3.63, 3.8) is 0 Å². The molecule has 0 unspecified atom stereocenters. The molecule has 6 aliphatic carbocycles. The van der Waals surface area contributed by atoms with Crippen LogP contribution in [0.5, 0.6) is 11.5 Å². The van der Waals surface area contributed by atoms with E-state index >= 15 is 0 Å². The summed E-state index contributed by atoms with van der Waals surface area (Å²) in [5, 5.41) is 15.4. The Labute approximate surface area is 840 Å². The van der Waals surface area contributed by atoms with Crippen LogP contribution in [0.3, 0.4) is 0 Å². The lowest BCUT2D eigenvalue weighted by molar-refractivity contribution is -0.235. The van der Waals surface area contributed by atoms with Gasteiger partial charge in [0.1, 0.15) is 29.6 Å². The quantitative estimate of drug-likeness (QED) is 0.0124. The van der Waals surface area contributed by atoms with Gasteiger partial charge < -0.3 is 70.8 Å². The Hall–Kier alpha value is -9.53. The number of rotatable bonds is 34. The van der Waals surface area contributed by atoms with Crippen molar-refractivity contribution in [1.29, 1.82) is 0 Å². The van der Waals surface area contributed by atoms with Crippen LogP contribution in [-0.4, -0.2) is 170 Å². The van der Waals surface area contributed by atoms with Crippen LogP contribution in [0.4, 0.5) is 0 Å². The number of hydrogen-bond acceptors (Lipinski definition) is 19. The minimum absolute atomic E-state index is 0. The van der Waals surface area contributed by atoms with Crippen LogP contribution in [0, 0.1) is 58.2 Å². The minimum Gasteiger partial charge on any atom is -0.496 e. The number of nitrogens with two attached hydrogens (primary N) is 3. The minimum atomic E-state index is -1.13. The first-order chi connectivity index (χ1) is 66.6. The van der Waals surface area contributed by atoms with Crippen LogP contribution in [0.25, 0.3) is 22.3 Å². The number of nitrogens with zero attached hydrogens (tertiary/aromatic N) is 2. The molecule has 6 aromatic carbocycles. The van der Waals surface area contributed by atoms with Crippen molar-refractivity contribution >= 4 is 72.8 Å². The van der Waals surface area contributed by atoms with E-state index in [-0.39, 0.29) is 129 Å². The van der Waals surface area contributed by atoms with E-state index in [1.165, 1.54) is 27.3 Å². The molecule has 8 bridgehead atoms. The standard InChI is InChI=1S/C58H80BN3O8.C44H57N3O7.C12H22BNO2.CH4/c1-10-11-16-39-20-22-40(23-21-39)41-24-26-42(27-25-41)48(63)34-45(18-14-15-30-60)55(67)62(8)53-44-28-29-51(68-9)43(33-44)17-12-13-19-47(61-54(66)37(2)31-50(53)65)49(64)32-38(3)59-69-57(6)36-46-35-52(56(46,4)5)58(57,7)70-59;1-5-6-11-30-15-17-31(18-16-30)32-19-21-33(22-20-32)38(48)28-36(13-9-10-25-45)43(51)47(3)41-35-23-24-40(54-4)34(27-35)12-7-8-14-37(44(52)53)46-42(50)29(2)26-39(41)49;1-7(14)13-15-10-6-8-5-9(11(8,2)3)12(10,4)16-13;/h20-29,33,37-38,45-47,52-53H,10-19,30-32,34-36,60H2,1-9H3,(H,61,66);15-24,27,29,36-37,41H,5-14,25-26,28,45H2,1-4H3,(H,46,50)(H,52,53);7-10H,5-6,14H2,1-4H3;1H4/t37-,38-,45-,46+,47+,52+,53+,57-,58+;29-,36-,37+,41+;7-,8-,9-,10+,12-;/m110./s1. The van der Waals surface area contributed by atoms with Crippen molar-refractivity contribution in [2.45, 2.75) is 342 Å². The van der Waals surface area contributed by atoms with Gasteiger partial charge in [-0.05, 0) is 270 Å². The molecule has 18 atom stereocenters. The number of Topliss-reactive ketones (excluding diaryl/α,β-unsaturated/α-hetero) is 5. The van der Waals surface area contributed by atoms with Gasteiger partial charge in [0.2, 0.25) is 23.6 Å². The molecule has 24 nitrogen and oxygen atoms in total. The first kappa shape index (κ1) is 112. The van der Waals surface area contributed by atoms with E-state index in [0.29, 0.717) is 153 Å². The largest absolute Gasteiger partial charge is 0.496 e. The number of fused-ring (bicyclic) bond motifs is 4. The lowest BCUT2D eigenvalue weighted by Crippen LogP contribution is -2.70. The van der Waals surface area contributed by atoms with Gasteiger partial charge in [0, 0.05) is 86.9 Å². The predicted molar refractivity (Wildman–Crippen MR) is 557 cm³/mol. The second-order valence-electron chi connectivity index (χ2n) is 43.7. The Balaban J connectivity index is 0.000000235. The summed E-state index contributed by atoms with van der Waals surface area (Å²) in [5.74, 6) is -3.44. The summed E-state index contributed by atoms with van der Waals surface area (Å²) in [6.07, 6.45) is 19.0. The van der Waals surface area contributed by atoms with Crippen molar-refractivity contribution in [3.8, 4) is 33.8 Å². The van der Waals surface area contributed by atoms with Gasteiger partial charge in [-0.15, -0.1) is 0 Å². The number of amides is 4. The Morgan fingerprint density at radius 3 is 1.36 bits per heavy atom. The summed E-state index contributed by atoms with van der Waals surface area (Å²) in [5.41, 5.74) is 27.9. The molecule has 766 valence electrons. The number of unbranched alkanes of at least 4 members (excludes halogenated alkanes) is 4. The second-order valence-corrected chi connectivity index (χ2v) is 43.7. The third-order valence-electron chi connectivity index (χ3n) is 33.1. The zero-order chi connectivity index (χ0) is 101. The number of carboxylic acid groups (broad SMARTS) is 1. The Kier molecular flexibility index (Phi) is 39.2. The van der Waals surface area contributed by atoms with Crippen molar-refractivity contribution in [2.24, 2.45) is 75.4 Å². The normalized spacial score (nSPS) is 26.4. The molecule has 6 aromatic rings. The number of methoxy groups -OCH3 is 2. The van der Waals surface area contributed by atoms with E-state index in [0.717, 1.165) is 97.1 Å². The number of carbonyl (C=O) groups excluding carboxylic acids is 9. The predicted octanol–water partition coefficient (Wildman–Crippen LogP) is 19.8. The van der Waals surface area contributed by atoms with Crippen LogP contribution < -0.4 is 37.3 Å². The smallest absolute Gasteiger partial charge is 0.475 e. The molecule has 10 aliphatic rings. The van der Waals surface area contributed by atoms with Crippen LogP contribution in [-0.2, 0) is 82.7 Å². The third-order valence-corrected chi connectivity index (χ3v) is 33.1. The number of carbonyl (C=O) groups is 10. The Bertz CT molecular complexity index is 5280. The van der Waals surface area contributed by atoms with E-state index < -0.39 is 78.0 Å². The number of ketones is 5. The average Bonchev–Trinajstić information content (AvgIpc) is 1.57. The Morgan fingerprint density at radius 1 is 0.525 bits per heavy atom.